The van der Waals surface area contributed by atoms with E-state index in [1.165, 1.54) is 0 Å². The van der Waals surface area contributed by atoms with Gasteiger partial charge in [0.15, 0.2) is 0 Å². The molecule has 4 heteroatoms. The molecule has 0 aromatic heterocycles. The van der Waals surface area contributed by atoms with Gasteiger partial charge in [-0.15, -0.1) is 11.6 Å². The Morgan fingerprint density at radius 3 is 2.75 bits per heavy atom. The Kier molecular flexibility index (Phi) is 6.81. The maximum atomic E-state index is 11.0. The van der Waals surface area contributed by atoms with E-state index in [1.54, 1.807) is 7.05 Å². The number of hydrogen-bond donors (Lipinski definition) is 2. The Balaban J connectivity index is 3.50. The van der Waals surface area contributed by atoms with Gasteiger partial charge in [0.05, 0.1) is 6.04 Å². The molecule has 1 atom stereocenters. The molecule has 0 saturated heterocycles. The number of amides is 1. The van der Waals surface area contributed by atoms with Gasteiger partial charge in [-0.05, 0) is 6.92 Å². The Labute approximate surface area is 78.2 Å². The molecule has 70 valence electrons. The number of rotatable bonds is 5. The van der Waals surface area contributed by atoms with E-state index in [1.807, 2.05) is 19.1 Å². The Morgan fingerprint density at radius 2 is 2.25 bits per heavy atom. The van der Waals surface area contributed by atoms with Crippen LogP contribution in [0.15, 0.2) is 12.2 Å². The second-order valence-electron chi connectivity index (χ2n) is 2.37. The average molecular weight is 191 g/mol. The summed E-state index contributed by atoms with van der Waals surface area (Å²) >= 11 is 5.41. The maximum Gasteiger partial charge on any atom is 0.236 e. The van der Waals surface area contributed by atoms with E-state index in [2.05, 4.69) is 10.6 Å². The van der Waals surface area contributed by atoms with Gasteiger partial charge in [-0.2, -0.15) is 0 Å². The highest BCUT2D eigenvalue weighted by molar-refractivity contribution is 6.18. The molecule has 0 aliphatic heterocycles. The van der Waals surface area contributed by atoms with Crippen molar-refractivity contribution in [1.29, 1.82) is 0 Å². The molecule has 0 saturated carbocycles. The lowest BCUT2D eigenvalue weighted by molar-refractivity contribution is -0.122. The Bertz CT molecular complexity index is 159. The standard InChI is InChI=1S/C8H15ClN2O/c1-7(8(12)10-2)11-6-4-3-5-9/h3-4,7,11H,5-6H2,1-2H3,(H,10,12)/b4-3+. The van der Waals surface area contributed by atoms with Crippen LogP contribution in [-0.4, -0.2) is 31.4 Å². The van der Waals surface area contributed by atoms with Gasteiger partial charge in [-0.1, -0.05) is 12.2 Å². The van der Waals surface area contributed by atoms with Crippen LogP contribution in [0, 0.1) is 0 Å². The third-order valence-corrected chi connectivity index (χ3v) is 1.62. The molecule has 0 radical (unpaired) electrons. The van der Waals surface area contributed by atoms with Crippen LogP contribution in [-0.2, 0) is 4.79 Å². The largest absolute Gasteiger partial charge is 0.358 e. The van der Waals surface area contributed by atoms with E-state index in [-0.39, 0.29) is 11.9 Å². The van der Waals surface area contributed by atoms with Crippen LogP contribution < -0.4 is 10.6 Å². The third-order valence-electron chi connectivity index (χ3n) is 1.44. The molecule has 0 rings (SSSR count). The second-order valence-corrected chi connectivity index (χ2v) is 2.68. The summed E-state index contributed by atoms with van der Waals surface area (Å²) in [6, 6.07) is -0.157. The lowest BCUT2D eigenvalue weighted by Gasteiger charge is -2.09. The van der Waals surface area contributed by atoms with E-state index in [4.69, 9.17) is 11.6 Å². The Hall–Kier alpha value is -0.540. The molecule has 0 aromatic rings. The number of carbonyl (C=O) groups excluding carboxylic acids is 1. The minimum Gasteiger partial charge on any atom is -0.358 e. The molecule has 0 fully saturated rings. The van der Waals surface area contributed by atoms with Gasteiger partial charge in [-0.3, -0.25) is 4.79 Å². The molecule has 0 aliphatic carbocycles. The minimum atomic E-state index is -0.157. The first kappa shape index (κ1) is 11.5. The van der Waals surface area contributed by atoms with Crippen LogP contribution in [0.3, 0.4) is 0 Å². The van der Waals surface area contributed by atoms with Crippen molar-refractivity contribution in [2.45, 2.75) is 13.0 Å². The summed E-state index contributed by atoms with van der Waals surface area (Å²) in [7, 11) is 1.62. The summed E-state index contributed by atoms with van der Waals surface area (Å²) in [4.78, 5) is 11.0. The van der Waals surface area contributed by atoms with E-state index in [0.29, 0.717) is 12.4 Å². The van der Waals surface area contributed by atoms with Gasteiger partial charge >= 0.3 is 0 Å². The van der Waals surface area contributed by atoms with Crippen LogP contribution >= 0.6 is 11.6 Å². The highest BCUT2D eigenvalue weighted by Gasteiger charge is 2.07. The van der Waals surface area contributed by atoms with E-state index in [9.17, 15) is 4.79 Å². The highest BCUT2D eigenvalue weighted by Crippen LogP contribution is 1.81. The van der Waals surface area contributed by atoms with Gasteiger partial charge in [0, 0.05) is 19.5 Å². The van der Waals surface area contributed by atoms with Crippen molar-refractivity contribution in [2.75, 3.05) is 19.5 Å². The first-order valence-corrected chi connectivity index (χ1v) is 4.41. The summed E-state index contributed by atoms with van der Waals surface area (Å²) in [6.07, 6.45) is 3.73. The zero-order valence-corrected chi connectivity index (χ0v) is 8.19. The first-order chi connectivity index (χ1) is 5.72. The summed E-state index contributed by atoms with van der Waals surface area (Å²) in [6.45, 7) is 2.48. The quantitative estimate of drug-likeness (QED) is 0.490. The lowest BCUT2D eigenvalue weighted by Crippen LogP contribution is -2.40. The minimum absolute atomic E-state index is 0.00530. The van der Waals surface area contributed by atoms with Crippen molar-refractivity contribution in [3.8, 4) is 0 Å². The number of likely N-dealkylation sites (N-methyl/N-ethyl adjacent to an activating group) is 1. The van der Waals surface area contributed by atoms with Crippen molar-refractivity contribution >= 4 is 17.5 Å². The first-order valence-electron chi connectivity index (χ1n) is 3.88. The van der Waals surface area contributed by atoms with Crippen molar-refractivity contribution in [1.82, 2.24) is 10.6 Å². The summed E-state index contributed by atoms with van der Waals surface area (Å²) in [5.41, 5.74) is 0. The molecule has 2 N–H and O–H groups in total. The average Bonchev–Trinajstić information content (AvgIpc) is 2.10. The van der Waals surface area contributed by atoms with E-state index in [0.717, 1.165) is 0 Å². The molecule has 0 bridgehead atoms. The molecule has 0 spiro atoms. The van der Waals surface area contributed by atoms with Crippen molar-refractivity contribution in [2.24, 2.45) is 0 Å². The number of hydrogen-bond acceptors (Lipinski definition) is 2. The van der Waals surface area contributed by atoms with E-state index >= 15 is 0 Å². The fraction of sp³-hybridized carbons (Fsp3) is 0.625. The topological polar surface area (TPSA) is 41.1 Å². The lowest BCUT2D eigenvalue weighted by atomic mass is 10.3. The monoisotopic (exact) mass is 190 g/mol. The number of alkyl halides is 1. The second kappa shape index (κ2) is 7.13. The zero-order chi connectivity index (χ0) is 9.40. The van der Waals surface area contributed by atoms with Crippen LogP contribution in [0.1, 0.15) is 6.92 Å². The third kappa shape index (κ3) is 5.16. The molecule has 0 aromatic carbocycles. The van der Waals surface area contributed by atoms with Crippen molar-refractivity contribution in [3.63, 3.8) is 0 Å². The molecular weight excluding hydrogens is 176 g/mol. The number of halogens is 1. The van der Waals surface area contributed by atoms with Crippen molar-refractivity contribution < 1.29 is 4.79 Å². The highest BCUT2D eigenvalue weighted by atomic mass is 35.5. The summed E-state index contributed by atoms with van der Waals surface area (Å²) in [5, 5.41) is 5.56. The van der Waals surface area contributed by atoms with Crippen LogP contribution in [0.2, 0.25) is 0 Å². The molecule has 1 unspecified atom stereocenters. The van der Waals surface area contributed by atoms with Crippen LogP contribution in [0.5, 0.6) is 0 Å². The summed E-state index contributed by atoms with van der Waals surface area (Å²) < 4.78 is 0. The zero-order valence-electron chi connectivity index (χ0n) is 7.43. The summed E-state index contributed by atoms with van der Waals surface area (Å²) in [5.74, 6) is 0.505. The van der Waals surface area contributed by atoms with E-state index < -0.39 is 0 Å². The molecular formula is C8H15ClN2O. The molecule has 1 amide bonds. The van der Waals surface area contributed by atoms with Gasteiger partial charge in [0.1, 0.15) is 0 Å². The molecule has 3 nitrogen and oxygen atoms in total. The fourth-order valence-electron chi connectivity index (χ4n) is 0.700. The van der Waals surface area contributed by atoms with Crippen molar-refractivity contribution in [3.05, 3.63) is 12.2 Å². The smallest absolute Gasteiger partial charge is 0.236 e. The Morgan fingerprint density at radius 1 is 1.58 bits per heavy atom. The predicted molar refractivity (Wildman–Crippen MR) is 51.4 cm³/mol. The number of carbonyl (C=O) groups is 1. The van der Waals surface area contributed by atoms with Gasteiger partial charge in [-0.25, -0.2) is 0 Å². The molecule has 0 heterocycles. The SMILES string of the molecule is CNC(=O)C(C)NC/C=C/CCl. The number of allylic oxidation sites excluding steroid dienone is 1. The van der Waals surface area contributed by atoms with Gasteiger partial charge < -0.3 is 10.6 Å². The van der Waals surface area contributed by atoms with Crippen LogP contribution in [0.4, 0.5) is 0 Å². The normalized spacial score (nSPS) is 13.2. The van der Waals surface area contributed by atoms with Crippen LogP contribution in [0.25, 0.3) is 0 Å². The molecule has 12 heavy (non-hydrogen) atoms. The van der Waals surface area contributed by atoms with Gasteiger partial charge in [0.25, 0.3) is 0 Å². The fourth-order valence-corrected chi connectivity index (χ4v) is 0.826. The molecule has 0 aliphatic rings. The number of nitrogens with one attached hydrogen (secondary N) is 2. The maximum absolute atomic E-state index is 11.0. The predicted octanol–water partition coefficient (Wildman–Crippen LogP) is 0.505. The van der Waals surface area contributed by atoms with Gasteiger partial charge in [0.2, 0.25) is 5.91 Å².